The van der Waals surface area contributed by atoms with E-state index in [2.05, 4.69) is 38.5 Å². The van der Waals surface area contributed by atoms with Crippen LogP contribution in [0.15, 0.2) is 30.0 Å². The van der Waals surface area contributed by atoms with E-state index in [1.807, 2.05) is 17.9 Å². The van der Waals surface area contributed by atoms with Crippen molar-refractivity contribution < 1.29 is 4.79 Å². The molecule has 0 radical (unpaired) electrons. The van der Waals surface area contributed by atoms with Crippen LogP contribution in [0.4, 0.5) is 0 Å². The van der Waals surface area contributed by atoms with Gasteiger partial charge in [-0.2, -0.15) is 0 Å². The average Bonchev–Trinajstić information content (AvgIpc) is 2.98. The van der Waals surface area contributed by atoms with Gasteiger partial charge in [0.1, 0.15) is 0 Å². The number of amides is 1. The van der Waals surface area contributed by atoms with Gasteiger partial charge < -0.3 is 9.47 Å². The molecule has 2 aromatic heterocycles. The number of hydrogen-bond donors (Lipinski definition) is 0. The first-order valence-electron chi connectivity index (χ1n) is 9.66. The van der Waals surface area contributed by atoms with Gasteiger partial charge in [-0.1, -0.05) is 6.07 Å². The molecule has 0 N–H and O–H groups in total. The number of aryl methyl sites for hydroxylation is 1. The third kappa shape index (κ3) is 2.79. The van der Waals surface area contributed by atoms with Crippen molar-refractivity contribution in [3.8, 4) is 0 Å². The van der Waals surface area contributed by atoms with E-state index in [1.54, 1.807) is 11.3 Å². The van der Waals surface area contributed by atoms with Gasteiger partial charge in [0.15, 0.2) is 0 Å². The van der Waals surface area contributed by atoms with Crippen molar-refractivity contribution in [2.75, 3.05) is 26.2 Å². The standard InChI is InChI=1S/C20H26N4OS/c1-22-12-18(21-14-22)17-11-23(10-16-3-2-8-26-16)13-20(17)6-7-24(19(20)25)9-15-4-5-15/h2-3,8,12,14-15,17H,4-7,9-11,13H2,1H3/t17-,20+/m1/s1. The Morgan fingerprint density at radius 3 is 2.96 bits per heavy atom. The topological polar surface area (TPSA) is 41.4 Å². The van der Waals surface area contributed by atoms with Crippen LogP contribution in [-0.2, 0) is 18.4 Å². The van der Waals surface area contributed by atoms with Crippen LogP contribution in [0.3, 0.4) is 0 Å². The van der Waals surface area contributed by atoms with Gasteiger partial charge in [0.25, 0.3) is 0 Å². The lowest BCUT2D eigenvalue weighted by Crippen LogP contribution is -2.40. The molecule has 4 heterocycles. The van der Waals surface area contributed by atoms with Crippen LogP contribution in [0.1, 0.15) is 35.8 Å². The Kier molecular flexibility index (Phi) is 3.94. The van der Waals surface area contributed by atoms with Gasteiger partial charge in [-0.05, 0) is 36.6 Å². The summed E-state index contributed by atoms with van der Waals surface area (Å²) in [5, 5.41) is 2.13. The SMILES string of the molecule is Cn1cnc([C@H]2CN(Cc3cccs3)C[C@@]23CCN(CC2CC2)C3=O)c1. The van der Waals surface area contributed by atoms with Crippen molar-refractivity contribution >= 4 is 17.2 Å². The highest BCUT2D eigenvalue weighted by Crippen LogP contribution is 2.50. The number of rotatable bonds is 5. The fraction of sp³-hybridized carbons (Fsp3) is 0.600. The second kappa shape index (κ2) is 6.20. The highest BCUT2D eigenvalue weighted by molar-refractivity contribution is 7.09. The summed E-state index contributed by atoms with van der Waals surface area (Å²) < 4.78 is 2.01. The van der Waals surface area contributed by atoms with E-state index in [1.165, 1.54) is 17.7 Å². The molecule has 1 amide bonds. The lowest BCUT2D eigenvalue weighted by Gasteiger charge is -2.28. The maximum Gasteiger partial charge on any atom is 0.230 e. The molecule has 2 aromatic rings. The van der Waals surface area contributed by atoms with E-state index in [0.29, 0.717) is 5.91 Å². The number of carbonyl (C=O) groups excluding carboxylic acids is 1. The summed E-state index contributed by atoms with van der Waals surface area (Å²) in [5.41, 5.74) is 0.809. The quantitative estimate of drug-likeness (QED) is 0.813. The van der Waals surface area contributed by atoms with Crippen molar-refractivity contribution in [3.63, 3.8) is 0 Å². The van der Waals surface area contributed by atoms with Gasteiger partial charge in [0.2, 0.25) is 5.91 Å². The van der Waals surface area contributed by atoms with Gasteiger partial charge in [0, 0.05) is 56.8 Å². The monoisotopic (exact) mass is 370 g/mol. The van der Waals surface area contributed by atoms with Crippen molar-refractivity contribution in [2.24, 2.45) is 18.4 Å². The van der Waals surface area contributed by atoms with E-state index in [-0.39, 0.29) is 11.3 Å². The molecule has 3 fully saturated rings. The third-order valence-electron chi connectivity index (χ3n) is 6.37. The van der Waals surface area contributed by atoms with Gasteiger partial charge in [-0.15, -0.1) is 11.3 Å². The molecule has 1 aliphatic carbocycles. The molecule has 3 aliphatic rings. The highest BCUT2D eigenvalue weighted by Gasteiger charge is 2.58. The Balaban J connectivity index is 1.43. The predicted octanol–water partition coefficient (Wildman–Crippen LogP) is 2.71. The number of hydrogen-bond acceptors (Lipinski definition) is 4. The van der Waals surface area contributed by atoms with Crippen molar-refractivity contribution in [2.45, 2.75) is 31.7 Å². The molecule has 0 aromatic carbocycles. The number of thiophene rings is 1. The van der Waals surface area contributed by atoms with Gasteiger partial charge in [-0.3, -0.25) is 9.69 Å². The average molecular weight is 371 g/mol. The minimum atomic E-state index is -0.277. The smallest absolute Gasteiger partial charge is 0.230 e. The molecule has 2 aliphatic heterocycles. The summed E-state index contributed by atoms with van der Waals surface area (Å²) in [5.74, 6) is 1.35. The number of likely N-dealkylation sites (tertiary alicyclic amines) is 2. The lowest BCUT2D eigenvalue weighted by molar-refractivity contribution is -0.136. The van der Waals surface area contributed by atoms with E-state index >= 15 is 0 Å². The fourth-order valence-electron chi connectivity index (χ4n) is 4.85. The molecule has 138 valence electrons. The van der Waals surface area contributed by atoms with E-state index in [0.717, 1.165) is 50.8 Å². The van der Waals surface area contributed by atoms with Crippen LogP contribution >= 0.6 is 11.3 Å². The van der Waals surface area contributed by atoms with Crippen LogP contribution < -0.4 is 0 Å². The number of nitrogens with zero attached hydrogens (tertiary/aromatic N) is 4. The van der Waals surface area contributed by atoms with E-state index in [4.69, 9.17) is 0 Å². The Bertz CT molecular complexity index is 797. The highest BCUT2D eigenvalue weighted by atomic mass is 32.1. The van der Waals surface area contributed by atoms with Crippen LogP contribution in [-0.4, -0.2) is 51.4 Å². The molecule has 0 bridgehead atoms. The number of aromatic nitrogens is 2. The molecule has 0 unspecified atom stereocenters. The molecule has 1 saturated carbocycles. The molecule has 2 atom stereocenters. The van der Waals surface area contributed by atoms with Crippen molar-refractivity contribution in [3.05, 3.63) is 40.6 Å². The van der Waals surface area contributed by atoms with Gasteiger partial charge >= 0.3 is 0 Å². The normalized spacial score (nSPS) is 29.3. The van der Waals surface area contributed by atoms with E-state index in [9.17, 15) is 4.79 Å². The summed E-state index contributed by atoms with van der Waals surface area (Å²) in [4.78, 5) is 24.2. The molecular weight excluding hydrogens is 344 g/mol. The zero-order chi connectivity index (χ0) is 17.7. The molecule has 5 rings (SSSR count). The minimum absolute atomic E-state index is 0.209. The van der Waals surface area contributed by atoms with Crippen molar-refractivity contribution in [1.82, 2.24) is 19.4 Å². The number of carbonyl (C=O) groups is 1. The largest absolute Gasteiger partial charge is 0.342 e. The summed E-state index contributed by atoms with van der Waals surface area (Å²) in [7, 11) is 2.01. The van der Waals surface area contributed by atoms with Crippen LogP contribution in [0, 0.1) is 11.3 Å². The maximum absolute atomic E-state index is 13.5. The van der Waals surface area contributed by atoms with Crippen LogP contribution in [0.25, 0.3) is 0 Å². The first kappa shape index (κ1) is 16.5. The molecule has 2 saturated heterocycles. The summed E-state index contributed by atoms with van der Waals surface area (Å²) >= 11 is 1.80. The fourth-order valence-corrected chi connectivity index (χ4v) is 5.60. The van der Waals surface area contributed by atoms with E-state index < -0.39 is 0 Å². The second-order valence-corrected chi connectivity index (χ2v) is 9.40. The first-order valence-corrected chi connectivity index (χ1v) is 10.5. The third-order valence-corrected chi connectivity index (χ3v) is 7.23. The predicted molar refractivity (Wildman–Crippen MR) is 102 cm³/mol. The Hall–Kier alpha value is -1.66. The Morgan fingerprint density at radius 2 is 2.27 bits per heavy atom. The molecule has 6 heteroatoms. The summed E-state index contributed by atoms with van der Waals surface area (Å²) in [6.07, 6.45) is 7.54. The molecule has 1 spiro atoms. The van der Waals surface area contributed by atoms with Gasteiger partial charge in [0.05, 0.1) is 17.4 Å². The summed E-state index contributed by atoms with van der Waals surface area (Å²) in [6.45, 7) is 4.63. The summed E-state index contributed by atoms with van der Waals surface area (Å²) in [6, 6.07) is 4.31. The zero-order valence-corrected chi connectivity index (χ0v) is 16.1. The lowest BCUT2D eigenvalue weighted by atomic mass is 9.75. The van der Waals surface area contributed by atoms with Crippen LogP contribution in [0.5, 0.6) is 0 Å². The Morgan fingerprint density at radius 1 is 1.38 bits per heavy atom. The maximum atomic E-state index is 13.5. The van der Waals surface area contributed by atoms with Crippen LogP contribution in [0.2, 0.25) is 0 Å². The zero-order valence-electron chi connectivity index (χ0n) is 15.3. The second-order valence-electron chi connectivity index (χ2n) is 8.37. The Labute approximate surface area is 158 Å². The first-order chi connectivity index (χ1) is 12.6. The number of imidazole rings is 1. The van der Waals surface area contributed by atoms with Crippen molar-refractivity contribution in [1.29, 1.82) is 0 Å². The minimum Gasteiger partial charge on any atom is -0.342 e. The molecule has 26 heavy (non-hydrogen) atoms. The van der Waals surface area contributed by atoms with Gasteiger partial charge in [-0.25, -0.2) is 4.98 Å². The molecular formula is C20H26N4OS. The molecule has 5 nitrogen and oxygen atoms in total.